The summed E-state index contributed by atoms with van der Waals surface area (Å²) in [6.45, 7) is 3.81. The number of hydrogen-bond donors (Lipinski definition) is 1. The van der Waals surface area contributed by atoms with E-state index in [-0.39, 0.29) is 29.2 Å². The highest BCUT2D eigenvalue weighted by atomic mass is 79.9. The smallest absolute Gasteiger partial charge is 0.350 e. The number of terminal acetylenes is 1. The summed E-state index contributed by atoms with van der Waals surface area (Å²) in [5, 5.41) is 0. The van der Waals surface area contributed by atoms with Crippen LogP contribution in [0.1, 0.15) is 16.7 Å². The van der Waals surface area contributed by atoms with Gasteiger partial charge in [-0.3, -0.25) is 0 Å². The third-order valence-electron chi connectivity index (χ3n) is 3.61. The summed E-state index contributed by atoms with van der Waals surface area (Å²) in [5.74, 6) is 0.897. The van der Waals surface area contributed by atoms with E-state index in [1.807, 2.05) is 30.3 Å². The minimum absolute atomic E-state index is 0.0185. The number of benzene rings is 2. The molecule has 0 fully saturated rings. The standard InChI is InChI=1S/C21H17BrFNO3/c1-4-16(21(25)26-3)20(27-12-14-8-6-5-7-9-14)17-10-15(23)11-18(22)19(17)13(2)24/h1,5-11H,2,12,24H2,3H3/b20-16-. The van der Waals surface area contributed by atoms with Crippen molar-refractivity contribution in [3.05, 3.63) is 81.6 Å². The zero-order valence-electron chi connectivity index (χ0n) is 14.6. The number of carbonyl (C=O) groups excluding carboxylic acids is 1. The number of esters is 1. The van der Waals surface area contributed by atoms with Gasteiger partial charge in [-0.2, -0.15) is 0 Å². The van der Waals surface area contributed by atoms with Crippen LogP contribution in [0.4, 0.5) is 4.39 Å². The Morgan fingerprint density at radius 3 is 2.56 bits per heavy atom. The SMILES string of the molecule is C#C/C(C(=O)OC)=C(/OCc1ccccc1)c1cc(F)cc(Br)c1C(=C)N. The molecule has 0 bridgehead atoms. The molecule has 2 rings (SSSR count). The van der Waals surface area contributed by atoms with Crippen molar-refractivity contribution in [2.24, 2.45) is 5.73 Å². The number of carbonyl (C=O) groups is 1. The highest BCUT2D eigenvalue weighted by Gasteiger charge is 2.23. The van der Waals surface area contributed by atoms with Crippen molar-refractivity contribution in [2.75, 3.05) is 7.11 Å². The average molecular weight is 430 g/mol. The summed E-state index contributed by atoms with van der Waals surface area (Å²) < 4.78 is 25.0. The molecule has 0 radical (unpaired) electrons. The second-order valence-corrected chi connectivity index (χ2v) is 6.30. The molecular weight excluding hydrogens is 413 g/mol. The van der Waals surface area contributed by atoms with E-state index in [4.69, 9.17) is 21.6 Å². The van der Waals surface area contributed by atoms with Gasteiger partial charge in [-0.1, -0.05) is 42.8 Å². The summed E-state index contributed by atoms with van der Waals surface area (Å²) in [7, 11) is 1.19. The lowest BCUT2D eigenvalue weighted by Crippen LogP contribution is -2.11. The molecular formula is C21H17BrFNO3. The maximum Gasteiger partial charge on any atom is 0.350 e. The molecule has 0 unspecified atom stereocenters. The van der Waals surface area contributed by atoms with Crippen LogP contribution in [-0.4, -0.2) is 13.1 Å². The molecule has 0 spiro atoms. The van der Waals surface area contributed by atoms with Crippen molar-refractivity contribution in [2.45, 2.75) is 6.61 Å². The number of nitrogens with two attached hydrogens (primary N) is 1. The summed E-state index contributed by atoms with van der Waals surface area (Å²) in [6, 6.07) is 11.7. The normalized spacial score (nSPS) is 11.2. The van der Waals surface area contributed by atoms with Gasteiger partial charge in [0.1, 0.15) is 12.4 Å². The first kappa shape index (κ1) is 20.3. The van der Waals surface area contributed by atoms with E-state index in [1.54, 1.807) is 0 Å². The van der Waals surface area contributed by atoms with Gasteiger partial charge in [-0.05, 0) is 33.6 Å². The number of ether oxygens (including phenoxy) is 2. The molecule has 0 amide bonds. The lowest BCUT2D eigenvalue weighted by Gasteiger charge is -2.18. The molecule has 2 aromatic carbocycles. The van der Waals surface area contributed by atoms with Crippen LogP contribution < -0.4 is 5.73 Å². The van der Waals surface area contributed by atoms with Gasteiger partial charge in [0.25, 0.3) is 0 Å². The van der Waals surface area contributed by atoms with Crippen LogP contribution in [0.3, 0.4) is 0 Å². The number of halogens is 2. The van der Waals surface area contributed by atoms with Gasteiger partial charge in [0.2, 0.25) is 0 Å². The van der Waals surface area contributed by atoms with Crippen LogP contribution in [0.5, 0.6) is 0 Å². The molecule has 2 aromatic rings. The molecule has 4 nitrogen and oxygen atoms in total. The predicted molar refractivity (Wildman–Crippen MR) is 106 cm³/mol. The Morgan fingerprint density at radius 2 is 2.00 bits per heavy atom. The number of hydrogen-bond acceptors (Lipinski definition) is 4. The van der Waals surface area contributed by atoms with Crippen molar-refractivity contribution >= 4 is 33.4 Å². The van der Waals surface area contributed by atoms with Crippen molar-refractivity contribution in [3.63, 3.8) is 0 Å². The van der Waals surface area contributed by atoms with Crippen molar-refractivity contribution < 1.29 is 18.7 Å². The largest absolute Gasteiger partial charge is 0.487 e. The second kappa shape index (κ2) is 9.06. The second-order valence-electron chi connectivity index (χ2n) is 5.45. The molecule has 0 aliphatic rings. The summed E-state index contributed by atoms with van der Waals surface area (Å²) >= 11 is 3.26. The highest BCUT2D eigenvalue weighted by molar-refractivity contribution is 9.10. The minimum atomic E-state index is -0.783. The van der Waals surface area contributed by atoms with Crippen molar-refractivity contribution in [3.8, 4) is 12.3 Å². The number of methoxy groups -OCH3 is 1. The van der Waals surface area contributed by atoms with Gasteiger partial charge >= 0.3 is 5.97 Å². The molecule has 0 saturated heterocycles. The fourth-order valence-electron chi connectivity index (χ4n) is 2.41. The van der Waals surface area contributed by atoms with E-state index in [0.29, 0.717) is 10.0 Å². The van der Waals surface area contributed by atoms with E-state index in [0.717, 1.165) is 5.56 Å². The summed E-state index contributed by atoms with van der Waals surface area (Å²) in [4.78, 5) is 12.2. The first-order valence-electron chi connectivity index (χ1n) is 7.79. The summed E-state index contributed by atoms with van der Waals surface area (Å²) in [5.41, 5.74) is 7.24. The Labute approximate surface area is 165 Å². The van der Waals surface area contributed by atoms with Crippen LogP contribution in [0.25, 0.3) is 11.5 Å². The van der Waals surface area contributed by atoms with Crippen LogP contribution in [0.15, 0.2) is 59.1 Å². The molecule has 27 heavy (non-hydrogen) atoms. The minimum Gasteiger partial charge on any atom is -0.487 e. The van der Waals surface area contributed by atoms with Crippen molar-refractivity contribution in [1.82, 2.24) is 0 Å². The fraction of sp³-hybridized carbons (Fsp3) is 0.0952. The molecule has 0 aromatic heterocycles. The molecule has 2 N–H and O–H groups in total. The van der Waals surface area contributed by atoms with Crippen LogP contribution in [-0.2, 0) is 20.9 Å². The molecule has 0 atom stereocenters. The van der Waals surface area contributed by atoms with E-state index < -0.39 is 11.8 Å². The van der Waals surface area contributed by atoms with E-state index in [2.05, 4.69) is 28.4 Å². The summed E-state index contributed by atoms with van der Waals surface area (Å²) in [6.07, 6.45) is 5.51. The Kier molecular flexibility index (Phi) is 6.80. The topological polar surface area (TPSA) is 61.5 Å². The molecule has 0 saturated carbocycles. The van der Waals surface area contributed by atoms with Gasteiger partial charge < -0.3 is 15.2 Å². The zero-order chi connectivity index (χ0) is 20.0. The predicted octanol–water partition coefficient (Wildman–Crippen LogP) is 4.25. The Balaban J connectivity index is 2.67. The lowest BCUT2D eigenvalue weighted by molar-refractivity contribution is -0.135. The third kappa shape index (κ3) is 4.78. The van der Waals surface area contributed by atoms with Crippen LogP contribution in [0, 0.1) is 18.2 Å². The Hall–Kier alpha value is -3.04. The molecule has 138 valence electrons. The number of rotatable bonds is 6. The van der Waals surface area contributed by atoms with Gasteiger partial charge in [0.15, 0.2) is 11.3 Å². The molecule has 0 aliphatic heterocycles. The first-order chi connectivity index (χ1) is 12.9. The lowest BCUT2D eigenvalue weighted by atomic mass is 10.00. The van der Waals surface area contributed by atoms with E-state index in [1.165, 1.54) is 19.2 Å². The Morgan fingerprint density at radius 1 is 1.33 bits per heavy atom. The van der Waals surface area contributed by atoms with Crippen LogP contribution >= 0.6 is 15.9 Å². The van der Waals surface area contributed by atoms with Gasteiger partial charge in [0, 0.05) is 21.3 Å². The van der Waals surface area contributed by atoms with Crippen molar-refractivity contribution in [1.29, 1.82) is 0 Å². The van der Waals surface area contributed by atoms with Gasteiger partial charge in [-0.25, -0.2) is 9.18 Å². The molecule has 6 heteroatoms. The zero-order valence-corrected chi connectivity index (χ0v) is 16.2. The first-order valence-corrected chi connectivity index (χ1v) is 8.58. The molecule has 0 aliphatic carbocycles. The fourth-order valence-corrected chi connectivity index (χ4v) is 3.10. The maximum absolute atomic E-state index is 14.1. The van der Waals surface area contributed by atoms with Crippen LogP contribution in [0.2, 0.25) is 0 Å². The monoisotopic (exact) mass is 429 g/mol. The van der Waals surface area contributed by atoms with E-state index >= 15 is 0 Å². The van der Waals surface area contributed by atoms with E-state index in [9.17, 15) is 9.18 Å². The molecule has 0 heterocycles. The third-order valence-corrected chi connectivity index (χ3v) is 4.23. The average Bonchev–Trinajstić information content (AvgIpc) is 2.64. The quantitative estimate of drug-likeness (QED) is 0.322. The highest BCUT2D eigenvalue weighted by Crippen LogP contribution is 2.33. The van der Waals surface area contributed by atoms with Gasteiger partial charge in [-0.15, -0.1) is 6.42 Å². The van der Waals surface area contributed by atoms with Gasteiger partial charge in [0.05, 0.1) is 7.11 Å². The maximum atomic E-state index is 14.1. The Bertz CT molecular complexity index is 946.